The first-order chi connectivity index (χ1) is 7.02. The monoisotopic (exact) mass is 203 g/mol. The topological polar surface area (TPSA) is 26.0 Å². The molecule has 1 aliphatic rings. The minimum Gasteiger partial charge on any atom is -0.330 e. The Bertz CT molecular complexity index is 374. The third-order valence-electron chi connectivity index (χ3n) is 4.14. The molecule has 0 saturated heterocycles. The van der Waals surface area contributed by atoms with Crippen LogP contribution in [0.3, 0.4) is 0 Å². The van der Waals surface area contributed by atoms with E-state index < -0.39 is 0 Å². The van der Waals surface area contributed by atoms with Crippen molar-refractivity contribution in [1.82, 2.24) is 0 Å². The van der Waals surface area contributed by atoms with Gasteiger partial charge in [0, 0.05) is 12.0 Å². The first kappa shape index (κ1) is 10.7. The largest absolute Gasteiger partial charge is 0.330 e. The summed E-state index contributed by atoms with van der Waals surface area (Å²) in [6, 6.07) is 2.29. The van der Waals surface area contributed by atoms with E-state index >= 15 is 0 Å². The number of nitrogens with two attached hydrogens (primary N) is 1. The summed E-state index contributed by atoms with van der Waals surface area (Å²) in [5.41, 5.74) is 13.5. The third kappa shape index (κ3) is 1.50. The summed E-state index contributed by atoms with van der Waals surface area (Å²) in [7, 11) is 0. The van der Waals surface area contributed by atoms with Crippen LogP contribution in [0.2, 0.25) is 0 Å². The number of aryl methyl sites for hydroxylation is 2. The van der Waals surface area contributed by atoms with Gasteiger partial charge >= 0.3 is 0 Å². The van der Waals surface area contributed by atoms with Crippen molar-refractivity contribution in [2.24, 2.45) is 5.73 Å². The van der Waals surface area contributed by atoms with Crippen molar-refractivity contribution < 1.29 is 0 Å². The molecular formula is C14H21N. The first-order valence-corrected chi connectivity index (χ1v) is 5.80. The minimum absolute atomic E-state index is 0.324. The van der Waals surface area contributed by atoms with E-state index in [2.05, 4.69) is 33.8 Å². The molecule has 2 N–H and O–H groups in total. The summed E-state index contributed by atoms with van der Waals surface area (Å²) in [5, 5.41) is 0. The quantitative estimate of drug-likeness (QED) is 0.786. The summed E-state index contributed by atoms with van der Waals surface area (Å²) in [4.78, 5) is 0. The van der Waals surface area contributed by atoms with Crippen LogP contribution in [0.25, 0.3) is 0 Å². The molecule has 1 fully saturated rings. The Morgan fingerprint density at radius 3 is 1.87 bits per heavy atom. The molecule has 0 spiro atoms. The maximum absolute atomic E-state index is 5.94. The van der Waals surface area contributed by atoms with Crippen LogP contribution in [0.5, 0.6) is 0 Å². The lowest BCUT2D eigenvalue weighted by molar-refractivity contribution is 0.691. The Balaban J connectivity index is 2.64. The summed E-state index contributed by atoms with van der Waals surface area (Å²) in [5.74, 6) is 0. The van der Waals surface area contributed by atoms with Crippen LogP contribution < -0.4 is 5.73 Å². The van der Waals surface area contributed by atoms with Gasteiger partial charge in [0.15, 0.2) is 0 Å². The molecule has 0 radical (unpaired) electrons. The summed E-state index contributed by atoms with van der Waals surface area (Å²) in [6.45, 7) is 9.70. The van der Waals surface area contributed by atoms with E-state index in [1.165, 1.54) is 35.1 Å². The Morgan fingerprint density at radius 1 is 1.07 bits per heavy atom. The van der Waals surface area contributed by atoms with Crippen molar-refractivity contribution >= 4 is 0 Å². The molecule has 0 aromatic heterocycles. The molecule has 0 atom stereocenters. The molecule has 1 heteroatoms. The molecule has 82 valence electrons. The highest BCUT2D eigenvalue weighted by Crippen LogP contribution is 2.50. The van der Waals surface area contributed by atoms with E-state index in [1.54, 1.807) is 5.56 Å². The van der Waals surface area contributed by atoms with Crippen LogP contribution in [-0.4, -0.2) is 6.54 Å². The van der Waals surface area contributed by atoms with E-state index in [0.29, 0.717) is 5.41 Å². The summed E-state index contributed by atoms with van der Waals surface area (Å²) in [6.07, 6.45) is 2.54. The van der Waals surface area contributed by atoms with Crippen molar-refractivity contribution in [3.63, 3.8) is 0 Å². The van der Waals surface area contributed by atoms with Gasteiger partial charge in [0.1, 0.15) is 0 Å². The van der Waals surface area contributed by atoms with Crippen molar-refractivity contribution in [1.29, 1.82) is 0 Å². The average Bonchev–Trinajstić information content (AvgIpc) is 2.96. The van der Waals surface area contributed by atoms with Crippen LogP contribution in [0.1, 0.15) is 40.7 Å². The van der Waals surface area contributed by atoms with Crippen molar-refractivity contribution in [2.45, 2.75) is 46.0 Å². The molecule has 1 aromatic carbocycles. The predicted octanol–water partition coefficient (Wildman–Crippen LogP) is 2.91. The predicted molar refractivity (Wildman–Crippen MR) is 65.4 cm³/mol. The fourth-order valence-electron chi connectivity index (χ4n) is 2.72. The molecule has 0 aliphatic heterocycles. The van der Waals surface area contributed by atoms with Crippen LogP contribution in [0, 0.1) is 27.7 Å². The van der Waals surface area contributed by atoms with Gasteiger partial charge in [-0.05, 0) is 68.4 Å². The maximum Gasteiger partial charge on any atom is 0.00816 e. The Labute approximate surface area is 92.7 Å². The molecule has 0 bridgehead atoms. The lowest BCUT2D eigenvalue weighted by atomic mass is 9.84. The van der Waals surface area contributed by atoms with E-state index in [4.69, 9.17) is 5.73 Å². The fraction of sp³-hybridized carbons (Fsp3) is 0.571. The molecular weight excluding hydrogens is 182 g/mol. The summed E-state index contributed by atoms with van der Waals surface area (Å²) >= 11 is 0. The second-order valence-electron chi connectivity index (χ2n) is 5.12. The lowest BCUT2D eigenvalue weighted by Crippen LogP contribution is -2.22. The van der Waals surface area contributed by atoms with Gasteiger partial charge in [0.25, 0.3) is 0 Å². The Hall–Kier alpha value is -0.820. The van der Waals surface area contributed by atoms with E-state index in [0.717, 1.165) is 6.54 Å². The van der Waals surface area contributed by atoms with Gasteiger partial charge in [-0.2, -0.15) is 0 Å². The maximum atomic E-state index is 5.94. The standard InChI is InChI=1S/C14H21N/c1-9-7-10(2)12(4)13(11(9)3)14(8-15)5-6-14/h7H,5-6,8,15H2,1-4H3. The average molecular weight is 203 g/mol. The van der Waals surface area contributed by atoms with Gasteiger partial charge < -0.3 is 5.73 Å². The highest BCUT2D eigenvalue weighted by molar-refractivity contribution is 5.50. The smallest absolute Gasteiger partial charge is 0.00816 e. The second-order valence-corrected chi connectivity index (χ2v) is 5.12. The number of hydrogen-bond donors (Lipinski definition) is 1. The van der Waals surface area contributed by atoms with E-state index in [1.807, 2.05) is 0 Å². The molecule has 2 rings (SSSR count). The van der Waals surface area contributed by atoms with Gasteiger partial charge in [0.05, 0.1) is 0 Å². The third-order valence-corrected chi connectivity index (χ3v) is 4.14. The highest BCUT2D eigenvalue weighted by Gasteiger charge is 2.45. The zero-order valence-corrected chi connectivity index (χ0v) is 10.3. The van der Waals surface area contributed by atoms with Gasteiger partial charge in [0.2, 0.25) is 0 Å². The Morgan fingerprint density at radius 2 is 1.53 bits per heavy atom. The van der Waals surface area contributed by atoms with Crippen LogP contribution in [0.4, 0.5) is 0 Å². The van der Waals surface area contributed by atoms with E-state index in [9.17, 15) is 0 Å². The summed E-state index contributed by atoms with van der Waals surface area (Å²) < 4.78 is 0. The van der Waals surface area contributed by atoms with Gasteiger partial charge in [-0.1, -0.05) is 6.07 Å². The SMILES string of the molecule is Cc1cc(C)c(C)c(C2(CN)CC2)c1C. The molecule has 1 aliphatic carbocycles. The van der Waals surface area contributed by atoms with Crippen LogP contribution in [0.15, 0.2) is 6.07 Å². The zero-order chi connectivity index (χ0) is 11.2. The first-order valence-electron chi connectivity index (χ1n) is 5.80. The molecule has 0 amide bonds. The zero-order valence-electron chi connectivity index (χ0n) is 10.3. The molecule has 0 unspecified atom stereocenters. The van der Waals surface area contributed by atoms with E-state index in [-0.39, 0.29) is 0 Å². The van der Waals surface area contributed by atoms with Crippen molar-refractivity contribution in [2.75, 3.05) is 6.54 Å². The number of rotatable bonds is 2. The van der Waals surface area contributed by atoms with Crippen LogP contribution in [-0.2, 0) is 5.41 Å². The van der Waals surface area contributed by atoms with Gasteiger partial charge in [-0.15, -0.1) is 0 Å². The Kier molecular flexibility index (Phi) is 2.38. The second kappa shape index (κ2) is 3.34. The molecule has 15 heavy (non-hydrogen) atoms. The molecule has 0 heterocycles. The molecule has 1 saturated carbocycles. The fourth-order valence-corrected chi connectivity index (χ4v) is 2.72. The van der Waals surface area contributed by atoms with Gasteiger partial charge in [-0.25, -0.2) is 0 Å². The van der Waals surface area contributed by atoms with Crippen LogP contribution >= 0.6 is 0 Å². The minimum atomic E-state index is 0.324. The lowest BCUT2D eigenvalue weighted by Gasteiger charge is -2.22. The van der Waals surface area contributed by atoms with Crippen molar-refractivity contribution in [3.8, 4) is 0 Å². The number of benzene rings is 1. The highest BCUT2D eigenvalue weighted by atomic mass is 14.7. The van der Waals surface area contributed by atoms with Crippen molar-refractivity contribution in [3.05, 3.63) is 33.9 Å². The van der Waals surface area contributed by atoms with Gasteiger partial charge in [-0.3, -0.25) is 0 Å². The molecule has 1 nitrogen and oxygen atoms in total. The number of hydrogen-bond acceptors (Lipinski definition) is 1. The normalized spacial score (nSPS) is 17.9. The molecule has 1 aromatic rings.